The highest BCUT2D eigenvalue weighted by Gasteiger charge is 2.19. The van der Waals surface area contributed by atoms with Crippen LogP contribution in [0.15, 0.2) is 40.9 Å². The molecule has 1 atom stereocenters. The first-order valence-electron chi connectivity index (χ1n) is 5.55. The van der Waals surface area contributed by atoms with Gasteiger partial charge in [0.25, 0.3) is 0 Å². The molecule has 2 aromatic rings. The summed E-state index contributed by atoms with van der Waals surface area (Å²) in [6.07, 6.45) is -1.64. The fourth-order valence-corrected chi connectivity index (χ4v) is 2.18. The molecule has 1 nitrogen and oxygen atoms in total. The van der Waals surface area contributed by atoms with Gasteiger partial charge in [-0.3, -0.25) is 0 Å². The first-order chi connectivity index (χ1) is 9.00. The van der Waals surface area contributed by atoms with E-state index in [1.807, 2.05) is 0 Å². The van der Waals surface area contributed by atoms with E-state index in [9.17, 15) is 18.3 Å². The third-order valence-corrected chi connectivity index (χ3v) is 3.41. The van der Waals surface area contributed by atoms with Crippen molar-refractivity contribution in [3.63, 3.8) is 0 Å². The maximum absolute atomic E-state index is 13.7. The summed E-state index contributed by atoms with van der Waals surface area (Å²) in [5.41, 5.74) is -0.258. The second kappa shape index (κ2) is 5.75. The van der Waals surface area contributed by atoms with E-state index in [1.54, 1.807) is 6.07 Å². The lowest BCUT2D eigenvalue weighted by Gasteiger charge is -2.13. The monoisotopic (exact) mass is 330 g/mol. The molecular formula is C14H10BrF3O. The summed E-state index contributed by atoms with van der Waals surface area (Å²) < 4.78 is 40.9. The minimum Gasteiger partial charge on any atom is -0.388 e. The largest absolute Gasteiger partial charge is 0.388 e. The number of halogens is 4. The van der Waals surface area contributed by atoms with Gasteiger partial charge in [-0.25, -0.2) is 13.2 Å². The topological polar surface area (TPSA) is 20.2 Å². The molecule has 0 aliphatic rings. The molecule has 0 radical (unpaired) electrons. The minimum absolute atomic E-state index is 0.0151. The van der Waals surface area contributed by atoms with Crippen molar-refractivity contribution in [2.45, 2.75) is 12.5 Å². The van der Waals surface area contributed by atoms with Crippen LogP contribution in [0, 0.1) is 17.5 Å². The molecule has 2 aromatic carbocycles. The highest BCUT2D eigenvalue weighted by Crippen LogP contribution is 2.27. The summed E-state index contributed by atoms with van der Waals surface area (Å²) >= 11 is 2.94. The normalized spacial score (nSPS) is 12.5. The smallest absolute Gasteiger partial charge is 0.143 e. The Bertz CT molecular complexity index is 601. The van der Waals surface area contributed by atoms with Gasteiger partial charge in [-0.05, 0) is 34.1 Å². The highest BCUT2D eigenvalue weighted by atomic mass is 79.9. The Hall–Kier alpha value is -1.33. The zero-order chi connectivity index (χ0) is 14.0. The van der Waals surface area contributed by atoms with Gasteiger partial charge in [-0.15, -0.1) is 0 Å². The SMILES string of the molecule is OC(Cc1c(F)ccc(Br)c1F)c1ccccc1F. The first kappa shape index (κ1) is 14.1. The van der Waals surface area contributed by atoms with Crippen LogP contribution in [-0.2, 0) is 6.42 Å². The average molecular weight is 331 g/mol. The molecule has 0 heterocycles. The van der Waals surface area contributed by atoms with Gasteiger partial charge in [-0.1, -0.05) is 18.2 Å². The van der Waals surface area contributed by atoms with E-state index in [-0.39, 0.29) is 22.0 Å². The molecule has 1 N–H and O–H groups in total. The Labute approximate surface area is 116 Å². The second-order valence-electron chi connectivity index (χ2n) is 4.06. The number of aliphatic hydroxyl groups is 1. The van der Waals surface area contributed by atoms with Gasteiger partial charge in [-0.2, -0.15) is 0 Å². The molecule has 0 amide bonds. The van der Waals surface area contributed by atoms with Crippen LogP contribution in [-0.4, -0.2) is 5.11 Å². The standard InChI is InChI=1S/C14H10BrF3O/c15-10-5-6-12(17)9(14(10)18)7-13(19)8-3-1-2-4-11(8)16/h1-6,13,19H,7H2. The van der Waals surface area contributed by atoms with Crippen LogP contribution in [0.25, 0.3) is 0 Å². The van der Waals surface area contributed by atoms with Crippen molar-refractivity contribution in [3.8, 4) is 0 Å². The molecule has 1 unspecified atom stereocenters. The maximum Gasteiger partial charge on any atom is 0.143 e. The molecule has 5 heteroatoms. The summed E-state index contributed by atoms with van der Waals surface area (Å²) in [5, 5.41) is 9.91. The summed E-state index contributed by atoms with van der Waals surface area (Å²) in [5.74, 6) is -2.16. The maximum atomic E-state index is 13.7. The van der Waals surface area contributed by atoms with Gasteiger partial charge in [0.2, 0.25) is 0 Å². The van der Waals surface area contributed by atoms with E-state index in [4.69, 9.17) is 0 Å². The van der Waals surface area contributed by atoms with Gasteiger partial charge < -0.3 is 5.11 Å². The van der Waals surface area contributed by atoms with E-state index in [0.717, 1.165) is 6.07 Å². The zero-order valence-corrected chi connectivity index (χ0v) is 11.3. The molecule has 19 heavy (non-hydrogen) atoms. The molecule has 0 saturated carbocycles. The number of hydrogen-bond acceptors (Lipinski definition) is 1. The second-order valence-corrected chi connectivity index (χ2v) is 4.92. The number of hydrogen-bond donors (Lipinski definition) is 1. The zero-order valence-electron chi connectivity index (χ0n) is 9.71. The van der Waals surface area contributed by atoms with Crippen molar-refractivity contribution in [1.29, 1.82) is 0 Å². The van der Waals surface area contributed by atoms with E-state index in [0.29, 0.717) is 0 Å². The lowest BCUT2D eigenvalue weighted by molar-refractivity contribution is 0.171. The van der Waals surface area contributed by atoms with E-state index in [1.165, 1.54) is 24.3 Å². The molecule has 0 saturated heterocycles. The van der Waals surface area contributed by atoms with E-state index in [2.05, 4.69) is 15.9 Å². The Morgan fingerprint density at radius 3 is 2.37 bits per heavy atom. The van der Waals surface area contributed by atoms with E-state index < -0.39 is 23.6 Å². The fourth-order valence-electron chi connectivity index (χ4n) is 1.80. The highest BCUT2D eigenvalue weighted by molar-refractivity contribution is 9.10. The molecule has 2 rings (SSSR count). The Morgan fingerprint density at radius 1 is 1.00 bits per heavy atom. The predicted octanol–water partition coefficient (Wildman–Crippen LogP) is 4.14. The molecule has 0 fully saturated rings. The molecule has 0 aliphatic heterocycles. The van der Waals surface area contributed by atoms with Crippen LogP contribution in [0.3, 0.4) is 0 Å². The van der Waals surface area contributed by atoms with Crippen molar-refractivity contribution in [1.82, 2.24) is 0 Å². The summed E-state index contributed by atoms with van der Waals surface area (Å²) in [4.78, 5) is 0. The van der Waals surface area contributed by atoms with Gasteiger partial charge in [0, 0.05) is 17.5 Å². The lowest BCUT2D eigenvalue weighted by atomic mass is 10.0. The summed E-state index contributed by atoms with van der Waals surface area (Å²) in [6, 6.07) is 7.93. The first-order valence-corrected chi connectivity index (χ1v) is 6.35. The molecule has 0 aromatic heterocycles. The lowest BCUT2D eigenvalue weighted by Crippen LogP contribution is -2.08. The van der Waals surface area contributed by atoms with Crippen LogP contribution in [0.2, 0.25) is 0 Å². The van der Waals surface area contributed by atoms with E-state index >= 15 is 0 Å². The van der Waals surface area contributed by atoms with Crippen LogP contribution in [0.5, 0.6) is 0 Å². The third-order valence-electron chi connectivity index (χ3n) is 2.80. The average Bonchev–Trinajstić information content (AvgIpc) is 2.39. The number of rotatable bonds is 3. The van der Waals surface area contributed by atoms with Crippen LogP contribution >= 0.6 is 15.9 Å². The minimum atomic E-state index is -1.31. The predicted molar refractivity (Wildman–Crippen MR) is 69.1 cm³/mol. The van der Waals surface area contributed by atoms with Gasteiger partial charge in [0.15, 0.2) is 0 Å². The number of aliphatic hydroxyl groups excluding tert-OH is 1. The van der Waals surface area contributed by atoms with Crippen LogP contribution in [0.4, 0.5) is 13.2 Å². The molecule has 0 bridgehead atoms. The van der Waals surface area contributed by atoms with Crippen molar-refractivity contribution in [3.05, 3.63) is 69.4 Å². The van der Waals surface area contributed by atoms with Gasteiger partial charge in [0.05, 0.1) is 10.6 Å². The molecule has 0 aliphatic carbocycles. The van der Waals surface area contributed by atoms with Gasteiger partial charge >= 0.3 is 0 Å². The fraction of sp³-hybridized carbons (Fsp3) is 0.143. The molecule has 100 valence electrons. The van der Waals surface area contributed by atoms with Crippen molar-refractivity contribution in [2.24, 2.45) is 0 Å². The molecule has 0 spiro atoms. The third kappa shape index (κ3) is 2.98. The summed E-state index contributed by atoms with van der Waals surface area (Å²) in [6.45, 7) is 0. The quantitative estimate of drug-likeness (QED) is 0.838. The Balaban J connectivity index is 2.32. The van der Waals surface area contributed by atoms with Gasteiger partial charge in [0.1, 0.15) is 17.5 Å². The van der Waals surface area contributed by atoms with Crippen LogP contribution in [0.1, 0.15) is 17.2 Å². The van der Waals surface area contributed by atoms with Crippen molar-refractivity contribution >= 4 is 15.9 Å². The Morgan fingerprint density at radius 2 is 1.68 bits per heavy atom. The van der Waals surface area contributed by atoms with Crippen LogP contribution < -0.4 is 0 Å². The summed E-state index contributed by atoms with van der Waals surface area (Å²) in [7, 11) is 0. The van der Waals surface area contributed by atoms with Crippen molar-refractivity contribution < 1.29 is 18.3 Å². The number of benzene rings is 2. The molecular weight excluding hydrogens is 321 g/mol. The van der Waals surface area contributed by atoms with Crippen molar-refractivity contribution in [2.75, 3.05) is 0 Å². The Kier molecular flexibility index (Phi) is 4.27.